The summed E-state index contributed by atoms with van der Waals surface area (Å²) in [5.41, 5.74) is 1.75. The fourth-order valence-electron chi connectivity index (χ4n) is 3.33. The van der Waals surface area contributed by atoms with E-state index >= 15 is 0 Å². The van der Waals surface area contributed by atoms with E-state index in [0.29, 0.717) is 22.5 Å². The third kappa shape index (κ3) is 1.72. The fourth-order valence-corrected chi connectivity index (χ4v) is 3.33. The van der Waals surface area contributed by atoms with E-state index in [1.54, 1.807) is 13.2 Å². The van der Waals surface area contributed by atoms with E-state index in [0.717, 1.165) is 16.5 Å². The molecule has 0 saturated heterocycles. The standard InChI is InChI=1S/C17H18O5/c1-8-7-22-16-11(8)9(2)13-12(15(16)21-5)14(18)10(20-4)6-17(13,3)19/h6-7,19H,1-5H3/t17-/m1/s1. The third-order valence-electron chi connectivity index (χ3n) is 4.20. The molecule has 0 bridgehead atoms. The first-order chi connectivity index (χ1) is 10.3. The third-order valence-corrected chi connectivity index (χ3v) is 4.20. The summed E-state index contributed by atoms with van der Waals surface area (Å²) in [6.07, 6.45) is 3.06. The molecule has 1 atom stereocenters. The molecule has 3 rings (SSSR count). The van der Waals surface area contributed by atoms with Crippen molar-refractivity contribution in [2.75, 3.05) is 14.2 Å². The zero-order valence-electron chi connectivity index (χ0n) is 13.2. The van der Waals surface area contributed by atoms with Crippen molar-refractivity contribution in [1.82, 2.24) is 0 Å². The number of rotatable bonds is 2. The quantitative estimate of drug-likeness (QED) is 0.923. The van der Waals surface area contributed by atoms with Gasteiger partial charge in [-0.25, -0.2) is 0 Å². The van der Waals surface area contributed by atoms with Gasteiger partial charge in [-0.2, -0.15) is 0 Å². The maximum atomic E-state index is 12.7. The van der Waals surface area contributed by atoms with Crippen molar-refractivity contribution in [1.29, 1.82) is 0 Å². The minimum atomic E-state index is -1.33. The molecule has 0 saturated carbocycles. The normalized spacial score (nSPS) is 20.8. The maximum Gasteiger partial charge on any atom is 0.231 e. The molecule has 116 valence electrons. The summed E-state index contributed by atoms with van der Waals surface area (Å²) in [6, 6.07) is 0. The number of ether oxygens (including phenoxy) is 2. The number of carbonyl (C=O) groups excluding carboxylic acids is 1. The lowest BCUT2D eigenvalue weighted by molar-refractivity contribution is 0.0792. The number of carbonyl (C=O) groups is 1. The van der Waals surface area contributed by atoms with Gasteiger partial charge in [0.25, 0.3) is 0 Å². The van der Waals surface area contributed by atoms with Crippen LogP contribution in [0, 0.1) is 13.8 Å². The summed E-state index contributed by atoms with van der Waals surface area (Å²) in [5.74, 6) is 0.106. The lowest BCUT2D eigenvalue weighted by atomic mass is 9.79. The first-order valence-corrected chi connectivity index (χ1v) is 6.96. The highest BCUT2D eigenvalue weighted by atomic mass is 16.5. The maximum absolute atomic E-state index is 12.7. The predicted octanol–water partition coefficient (Wildman–Crippen LogP) is 2.99. The van der Waals surface area contributed by atoms with Gasteiger partial charge in [0.2, 0.25) is 5.78 Å². The second kappa shape index (κ2) is 4.61. The van der Waals surface area contributed by atoms with Gasteiger partial charge < -0.3 is 19.0 Å². The average molecular weight is 302 g/mol. The van der Waals surface area contributed by atoms with Gasteiger partial charge in [0, 0.05) is 10.9 Å². The molecular formula is C17H18O5. The minimum absolute atomic E-state index is 0.0952. The second-order valence-electron chi connectivity index (χ2n) is 5.72. The van der Waals surface area contributed by atoms with E-state index in [2.05, 4.69) is 0 Å². The van der Waals surface area contributed by atoms with Crippen LogP contribution in [0.25, 0.3) is 11.0 Å². The van der Waals surface area contributed by atoms with Crippen LogP contribution >= 0.6 is 0 Å². The van der Waals surface area contributed by atoms with E-state index < -0.39 is 5.60 Å². The van der Waals surface area contributed by atoms with Gasteiger partial charge >= 0.3 is 0 Å². The molecule has 0 aliphatic heterocycles. The number of hydrogen-bond donors (Lipinski definition) is 1. The number of aryl methyl sites for hydroxylation is 2. The Labute approximate surface area is 128 Å². The topological polar surface area (TPSA) is 68.9 Å². The average Bonchev–Trinajstić information content (AvgIpc) is 2.85. The lowest BCUT2D eigenvalue weighted by Crippen LogP contribution is -2.30. The second-order valence-corrected chi connectivity index (χ2v) is 5.72. The van der Waals surface area contributed by atoms with Crippen molar-refractivity contribution in [2.45, 2.75) is 26.4 Å². The van der Waals surface area contributed by atoms with E-state index in [1.807, 2.05) is 13.8 Å². The van der Waals surface area contributed by atoms with Crippen molar-refractivity contribution < 1.29 is 23.8 Å². The summed E-state index contributed by atoms with van der Waals surface area (Å²) in [4.78, 5) is 12.7. The Morgan fingerprint density at radius 1 is 1.23 bits per heavy atom. The van der Waals surface area contributed by atoms with Gasteiger partial charge in [0.1, 0.15) is 5.60 Å². The van der Waals surface area contributed by atoms with Crippen molar-refractivity contribution in [3.8, 4) is 5.75 Å². The molecule has 0 spiro atoms. The molecular weight excluding hydrogens is 284 g/mol. The van der Waals surface area contributed by atoms with Crippen LogP contribution in [-0.4, -0.2) is 25.1 Å². The number of allylic oxidation sites excluding steroid dienone is 1. The molecule has 1 aromatic heterocycles. The monoisotopic (exact) mass is 302 g/mol. The first kappa shape index (κ1) is 14.7. The highest BCUT2D eigenvalue weighted by Gasteiger charge is 2.40. The zero-order valence-corrected chi connectivity index (χ0v) is 13.2. The lowest BCUT2D eigenvalue weighted by Gasteiger charge is -2.31. The number of Topliss-reactive ketones (excluding diaryl/α,β-unsaturated/α-hetero) is 1. The summed E-state index contributed by atoms with van der Waals surface area (Å²) < 4.78 is 16.1. The Morgan fingerprint density at radius 3 is 2.50 bits per heavy atom. The highest BCUT2D eigenvalue weighted by Crippen LogP contribution is 2.46. The summed E-state index contributed by atoms with van der Waals surface area (Å²) in [5, 5.41) is 11.7. The number of hydrogen-bond acceptors (Lipinski definition) is 5. The summed E-state index contributed by atoms with van der Waals surface area (Å²) in [6.45, 7) is 5.42. The first-order valence-electron chi connectivity index (χ1n) is 6.96. The number of ketones is 1. The summed E-state index contributed by atoms with van der Waals surface area (Å²) in [7, 11) is 2.88. The minimum Gasteiger partial charge on any atom is -0.493 e. The van der Waals surface area contributed by atoms with Gasteiger partial charge in [-0.15, -0.1) is 0 Å². The Balaban J connectivity index is 2.53. The summed E-state index contributed by atoms with van der Waals surface area (Å²) >= 11 is 0. The van der Waals surface area contributed by atoms with Crippen LogP contribution in [0.15, 0.2) is 22.5 Å². The highest BCUT2D eigenvalue weighted by molar-refractivity contribution is 6.15. The van der Waals surface area contributed by atoms with Gasteiger partial charge in [-0.05, 0) is 38.0 Å². The van der Waals surface area contributed by atoms with Crippen LogP contribution in [0.3, 0.4) is 0 Å². The number of furan rings is 1. The zero-order chi connectivity index (χ0) is 16.2. The van der Waals surface area contributed by atoms with Crippen molar-refractivity contribution in [3.05, 3.63) is 40.4 Å². The number of methoxy groups -OCH3 is 2. The van der Waals surface area contributed by atoms with Gasteiger partial charge in [-0.1, -0.05) is 0 Å². The molecule has 1 aliphatic carbocycles. The van der Waals surface area contributed by atoms with Crippen LogP contribution < -0.4 is 4.74 Å². The number of benzene rings is 1. The predicted molar refractivity (Wildman–Crippen MR) is 81.2 cm³/mol. The van der Waals surface area contributed by atoms with Gasteiger partial charge in [0.05, 0.1) is 26.0 Å². The van der Waals surface area contributed by atoms with E-state index in [-0.39, 0.29) is 11.5 Å². The Morgan fingerprint density at radius 2 is 1.91 bits per heavy atom. The molecule has 1 aromatic carbocycles. The van der Waals surface area contributed by atoms with Crippen molar-refractivity contribution in [2.24, 2.45) is 0 Å². The molecule has 5 nitrogen and oxygen atoms in total. The molecule has 0 fully saturated rings. The molecule has 0 amide bonds. The molecule has 2 aromatic rings. The van der Waals surface area contributed by atoms with Crippen molar-refractivity contribution in [3.63, 3.8) is 0 Å². The van der Waals surface area contributed by atoms with Crippen molar-refractivity contribution >= 4 is 16.8 Å². The van der Waals surface area contributed by atoms with Crippen LogP contribution in [0.2, 0.25) is 0 Å². The van der Waals surface area contributed by atoms with E-state index in [9.17, 15) is 9.90 Å². The van der Waals surface area contributed by atoms with Crippen LogP contribution in [0.1, 0.15) is 34.0 Å². The molecule has 1 N–H and O–H groups in total. The van der Waals surface area contributed by atoms with Gasteiger partial charge in [-0.3, -0.25) is 4.79 Å². The largest absolute Gasteiger partial charge is 0.493 e. The molecule has 1 heterocycles. The molecule has 1 aliphatic rings. The number of aliphatic hydroxyl groups is 1. The molecule has 0 radical (unpaired) electrons. The number of fused-ring (bicyclic) bond motifs is 2. The molecule has 22 heavy (non-hydrogen) atoms. The van der Waals surface area contributed by atoms with Crippen LogP contribution in [0.4, 0.5) is 0 Å². The van der Waals surface area contributed by atoms with E-state index in [1.165, 1.54) is 20.3 Å². The Hall–Kier alpha value is -2.27. The SMILES string of the molecule is COC1=C[C@@](C)(O)c2c(c(OC)c3occ(C)c3c2C)C1=O. The fraction of sp³-hybridized carbons (Fsp3) is 0.353. The molecule has 5 heteroatoms. The smallest absolute Gasteiger partial charge is 0.231 e. The Kier molecular flexibility index (Phi) is 3.07. The van der Waals surface area contributed by atoms with Crippen LogP contribution in [-0.2, 0) is 10.3 Å². The van der Waals surface area contributed by atoms with Crippen LogP contribution in [0.5, 0.6) is 5.75 Å². The van der Waals surface area contributed by atoms with E-state index in [4.69, 9.17) is 13.9 Å². The Bertz CT molecular complexity index is 823. The molecule has 0 unspecified atom stereocenters. The van der Waals surface area contributed by atoms with Gasteiger partial charge in [0.15, 0.2) is 17.1 Å².